The molecule has 1 saturated heterocycles. The monoisotopic (exact) mass is 211 g/mol. The highest BCUT2D eigenvalue weighted by atomic mass is 16.6. The number of hydrogen-bond acceptors (Lipinski definition) is 2. The number of amides is 1. The summed E-state index contributed by atoms with van der Waals surface area (Å²) >= 11 is 0. The molecule has 2 rings (SSSR count). The molecule has 4 nitrogen and oxygen atoms in total. The molecule has 2 heterocycles. The first kappa shape index (κ1) is 10.5. The maximum atomic E-state index is 11.8. The normalized spacial score (nSPS) is 29.4. The molecule has 0 radical (unpaired) electrons. The molecule has 15 heavy (non-hydrogen) atoms. The van der Waals surface area contributed by atoms with Gasteiger partial charge in [-0.3, -0.25) is 4.99 Å². The number of rotatable bonds is 0. The minimum absolute atomic E-state index is 0.176. The Morgan fingerprint density at radius 1 is 1.47 bits per heavy atom. The largest absolute Gasteiger partial charge is 0.444 e. The van der Waals surface area contributed by atoms with Crippen molar-refractivity contribution in [3.63, 3.8) is 0 Å². The van der Waals surface area contributed by atoms with Crippen molar-refractivity contribution in [3.8, 4) is 0 Å². The second-order valence-corrected chi connectivity index (χ2v) is 5.38. The molecule has 0 aliphatic carbocycles. The lowest BCUT2D eigenvalue weighted by Gasteiger charge is -2.24. The smallest absolute Gasteiger partial charge is 0.410 e. The molecule has 2 unspecified atom stereocenters. The first-order chi connectivity index (χ1) is 6.96. The van der Waals surface area contributed by atoms with E-state index < -0.39 is 5.60 Å². The fourth-order valence-electron chi connectivity index (χ4n) is 2.15. The van der Waals surface area contributed by atoms with Gasteiger partial charge in [0.25, 0.3) is 0 Å². The molecule has 2 atom stereocenters. The lowest BCUT2D eigenvalue weighted by atomic mass is 10.0. The lowest BCUT2D eigenvalue weighted by Crippen LogP contribution is -2.67. The van der Waals surface area contributed by atoms with Crippen molar-refractivity contribution in [1.29, 1.82) is 0 Å². The second-order valence-electron chi connectivity index (χ2n) is 5.38. The van der Waals surface area contributed by atoms with E-state index in [1.165, 1.54) is 0 Å². The summed E-state index contributed by atoms with van der Waals surface area (Å²) in [7, 11) is 0. The minimum Gasteiger partial charge on any atom is -0.444 e. The van der Waals surface area contributed by atoms with Crippen LogP contribution in [0.1, 0.15) is 20.8 Å². The Hall–Kier alpha value is -1.06. The van der Waals surface area contributed by atoms with Crippen LogP contribution in [0.4, 0.5) is 4.79 Å². The summed E-state index contributed by atoms with van der Waals surface area (Å²) < 4.78 is 5.34. The van der Waals surface area contributed by atoms with Gasteiger partial charge in [-0.25, -0.2) is 4.79 Å². The van der Waals surface area contributed by atoms with E-state index in [0.29, 0.717) is 11.8 Å². The van der Waals surface area contributed by atoms with Gasteiger partial charge in [0.15, 0.2) is 0 Å². The van der Waals surface area contributed by atoms with Gasteiger partial charge in [-0.15, -0.1) is 0 Å². The predicted octanol–water partition coefficient (Wildman–Crippen LogP) is -0.365. The Bertz CT molecular complexity index is 293. The standard InChI is InChI=1S/C11H18N2O2/c1-11(2,3)15-10(14)13-6-8-4-12-5-9(8)7-13/h4,8-9H,5-7H2,1-3H3/p+1. The van der Waals surface area contributed by atoms with Gasteiger partial charge < -0.3 is 9.64 Å². The third-order valence-electron chi connectivity index (χ3n) is 2.86. The van der Waals surface area contributed by atoms with Crippen LogP contribution in [0.15, 0.2) is 0 Å². The Morgan fingerprint density at radius 2 is 2.20 bits per heavy atom. The highest BCUT2D eigenvalue weighted by Gasteiger charge is 2.41. The number of fused-ring (bicyclic) bond motifs is 1. The third-order valence-corrected chi connectivity index (χ3v) is 2.86. The zero-order chi connectivity index (χ0) is 11.1. The first-order valence-corrected chi connectivity index (χ1v) is 5.50. The van der Waals surface area contributed by atoms with Crippen molar-refractivity contribution in [2.45, 2.75) is 26.4 Å². The maximum absolute atomic E-state index is 11.8. The number of nitrogens with zero attached hydrogens (tertiary/aromatic N) is 1. The van der Waals surface area contributed by atoms with Gasteiger partial charge in [-0.2, -0.15) is 0 Å². The summed E-state index contributed by atoms with van der Waals surface area (Å²) in [5.74, 6) is 1.09. The van der Waals surface area contributed by atoms with Gasteiger partial charge >= 0.3 is 6.09 Å². The van der Waals surface area contributed by atoms with E-state index in [1.54, 1.807) is 0 Å². The molecule has 1 fully saturated rings. The van der Waals surface area contributed by atoms with Gasteiger partial charge in [0, 0.05) is 19.0 Å². The van der Waals surface area contributed by atoms with E-state index >= 15 is 0 Å². The number of carbonyl (C=O) groups excluding carboxylic acids is 1. The van der Waals surface area contributed by atoms with Crippen molar-refractivity contribution in [1.82, 2.24) is 4.90 Å². The van der Waals surface area contributed by atoms with Crippen molar-refractivity contribution in [2.75, 3.05) is 19.6 Å². The quantitative estimate of drug-likeness (QED) is 0.594. The van der Waals surface area contributed by atoms with Gasteiger partial charge in [0.2, 0.25) is 0 Å². The number of carbonyl (C=O) groups is 1. The number of ether oxygens (including phenoxy) is 1. The second kappa shape index (κ2) is 3.51. The maximum Gasteiger partial charge on any atom is 0.410 e. The fourth-order valence-corrected chi connectivity index (χ4v) is 2.15. The Kier molecular flexibility index (Phi) is 2.44. The van der Waals surface area contributed by atoms with Crippen LogP contribution >= 0.6 is 0 Å². The number of likely N-dealkylation sites (tertiary alicyclic amines) is 1. The van der Waals surface area contributed by atoms with Gasteiger partial charge in [0.05, 0.1) is 5.92 Å². The molecule has 0 aromatic carbocycles. The van der Waals surface area contributed by atoms with Crippen LogP contribution < -0.4 is 4.99 Å². The number of hydrogen-bond donors (Lipinski definition) is 1. The third kappa shape index (κ3) is 2.30. The van der Waals surface area contributed by atoms with Crippen LogP contribution in [0, 0.1) is 11.8 Å². The first-order valence-electron chi connectivity index (χ1n) is 5.50. The molecule has 0 aromatic heterocycles. The van der Waals surface area contributed by atoms with Crippen molar-refractivity contribution in [2.24, 2.45) is 11.8 Å². The fraction of sp³-hybridized carbons (Fsp3) is 0.818. The van der Waals surface area contributed by atoms with Gasteiger partial charge in [0.1, 0.15) is 18.4 Å². The summed E-state index contributed by atoms with van der Waals surface area (Å²) in [6, 6.07) is 0. The molecule has 1 amide bonds. The molecule has 4 heteroatoms. The van der Waals surface area contributed by atoms with Crippen LogP contribution in [0.3, 0.4) is 0 Å². The molecule has 2 aliphatic heterocycles. The van der Waals surface area contributed by atoms with Crippen molar-refractivity contribution >= 4 is 12.3 Å². The summed E-state index contributed by atoms with van der Waals surface area (Å²) in [4.78, 5) is 16.8. The van der Waals surface area contributed by atoms with E-state index in [-0.39, 0.29) is 6.09 Å². The highest BCUT2D eigenvalue weighted by Crippen LogP contribution is 2.23. The Morgan fingerprint density at radius 3 is 2.80 bits per heavy atom. The lowest BCUT2D eigenvalue weighted by molar-refractivity contribution is -0.448. The van der Waals surface area contributed by atoms with Crippen molar-refractivity contribution in [3.05, 3.63) is 0 Å². The zero-order valence-corrected chi connectivity index (χ0v) is 9.62. The van der Waals surface area contributed by atoms with E-state index in [1.807, 2.05) is 25.7 Å². The van der Waals surface area contributed by atoms with Gasteiger partial charge in [-0.1, -0.05) is 0 Å². The molecular weight excluding hydrogens is 192 g/mol. The zero-order valence-electron chi connectivity index (χ0n) is 9.62. The van der Waals surface area contributed by atoms with Gasteiger partial charge in [-0.05, 0) is 20.8 Å². The van der Waals surface area contributed by atoms with Crippen LogP contribution in [0.5, 0.6) is 0 Å². The number of nitrogens with one attached hydrogen (secondary N) is 1. The summed E-state index contributed by atoms with van der Waals surface area (Å²) in [5.41, 5.74) is -0.392. The Balaban J connectivity index is 1.91. The molecule has 2 aliphatic rings. The van der Waals surface area contributed by atoms with Crippen LogP contribution in [-0.4, -0.2) is 42.4 Å². The molecule has 1 N–H and O–H groups in total. The molecule has 0 spiro atoms. The van der Waals surface area contributed by atoms with Crippen LogP contribution in [0.25, 0.3) is 0 Å². The van der Waals surface area contributed by atoms with E-state index in [9.17, 15) is 4.79 Å². The minimum atomic E-state index is -0.392. The van der Waals surface area contributed by atoms with E-state index in [0.717, 1.165) is 19.6 Å². The average Bonchev–Trinajstić information content (AvgIpc) is 2.56. The van der Waals surface area contributed by atoms with Crippen LogP contribution in [-0.2, 0) is 4.74 Å². The molecule has 0 bridgehead atoms. The summed E-state index contributed by atoms with van der Waals surface area (Å²) in [5, 5.41) is 0. The molecule has 0 saturated carbocycles. The summed E-state index contributed by atoms with van der Waals surface area (Å²) in [6.07, 6.45) is 1.93. The molecule has 84 valence electrons. The topological polar surface area (TPSA) is 43.5 Å². The SMILES string of the molecule is CC(C)(C)OC(=O)N1CC2C=[NH+]CC2C1. The Labute approximate surface area is 90.3 Å². The van der Waals surface area contributed by atoms with E-state index in [4.69, 9.17) is 4.74 Å². The predicted molar refractivity (Wildman–Crippen MR) is 56.7 cm³/mol. The van der Waals surface area contributed by atoms with Crippen molar-refractivity contribution < 1.29 is 14.5 Å². The summed E-state index contributed by atoms with van der Waals surface area (Å²) in [6.45, 7) is 8.31. The molecule has 0 aromatic rings. The highest BCUT2D eigenvalue weighted by molar-refractivity contribution is 5.70. The van der Waals surface area contributed by atoms with E-state index in [2.05, 4.69) is 11.2 Å². The van der Waals surface area contributed by atoms with Crippen LogP contribution in [0.2, 0.25) is 0 Å². The molecular formula is C11H19N2O2+. The average molecular weight is 211 g/mol.